The molecule has 0 N–H and O–H groups in total. The van der Waals surface area contributed by atoms with Crippen LogP contribution in [-0.2, 0) is 6.54 Å². The van der Waals surface area contributed by atoms with E-state index < -0.39 is 0 Å². The summed E-state index contributed by atoms with van der Waals surface area (Å²) in [4.78, 5) is 10.5. The zero-order valence-electron chi connectivity index (χ0n) is 14.2. The van der Waals surface area contributed by atoms with Gasteiger partial charge in [-0.2, -0.15) is 0 Å². The maximum absolute atomic E-state index is 5.62. The van der Waals surface area contributed by atoms with Crippen LogP contribution in [0, 0.1) is 0 Å². The van der Waals surface area contributed by atoms with E-state index in [1.54, 1.807) is 24.7 Å². The van der Waals surface area contributed by atoms with Gasteiger partial charge in [-0.15, -0.1) is 11.3 Å². The molecule has 2 aromatic heterocycles. The van der Waals surface area contributed by atoms with E-state index in [-0.39, 0.29) is 0 Å². The van der Waals surface area contributed by atoms with Crippen LogP contribution >= 0.6 is 11.3 Å². The van der Waals surface area contributed by atoms with Gasteiger partial charge >= 0.3 is 0 Å². The minimum atomic E-state index is 0.720. The smallest absolute Gasteiger partial charge is 0.236 e. The Kier molecular flexibility index (Phi) is 4.72. The third kappa shape index (κ3) is 3.55. The number of hydrogen-bond donors (Lipinski definition) is 0. The topological polar surface area (TPSA) is 41.7 Å². The molecule has 4 rings (SSSR count). The number of oxazole rings is 1. The Balaban J connectivity index is 1.36. The number of thiophene rings is 1. The molecule has 1 aliphatic rings. The van der Waals surface area contributed by atoms with Gasteiger partial charge in [0.15, 0.2) is 0 Å². The Morgan fingerprint density at radius 2 is 1.96 bits per heavy atom. The van der Waals surface area contributed by atoms with E-state index >= 15 is 0 Å². The molecular formula is C19H21N3O2S. The van der Waals surface area contributed by atoms with Gasteiger partial charge in [0.25, 0.3) is 0 Å². The molecule has 0 spiro atoms. The van der Waals surface area contributed by atoms with Gasteiger partial charge in [0.05, 0.1) is 23.4 Å². The Labute approximate surface area is 151 Å². The van der Waals surface area contributed by atoms with Crippen molar-refractivity contribution in [3.8, 4) is 16.5 Å². The highest BCUT2D eigenvalue weighted by atomic mass is 32.1. The molecular weight excluding hydrogens is 334 g/mol. The van der Waals surface area contributed by atoms with Gasteiger partial charge in [0.1, 0.15) is 12.0 Å². The van der Waals surface area contributed by atoms with E-state index in [0.717, 1.165) is 54.9 Å². The molecule has 3 aromatic rings. The van der Waals surface area contributed by atoms with Crippen molar-refractivity contribution >= 4 is 17.0 Å². The summed E-state index contributed by atoms with van der Waals surface area (Å²) in [7, 11) is 1.73. The number of nitrogens with zero attached hydrogens (tertiary/aromatic N) is 3. The number of aromatic nitrogens is 1. The third-order valence-electron chi connectivity index (χ3n) is 4.47. The lowest BCUT2D eigenvalue weighted by atomic mass is 10.2. The Morgan fingerprint density at radius 3 is 2.72 bits per heavy atom. The summed E-state index contributed by atoms with van der Waals surface area (Å²) in [6.07, 6.45) is 1.78. The lowest BCUT2D eigenvalue weighted by Gasteiger charge is -2.36. The maximum atomic E-state index is 5.62. The minimum absolute atomic E-state index is 0.720. The average molecular weight is 355 g/mol. The van der Waals surface area contributed by atoms with Gasteiger partial charge < -0.3 is 14.1 Å². The van der Waals surface area contributed by atoms with E-state index in [4.69, 9.17) is 9.15 Å². The number of piperazine rings is 1. The second-order valence-electron chi connectivity index (χ2n) is 6.06. The van der Waals surface area contributed by atoms with Crippen molar-refractivity contribution in [2.24, 2.45) is 0 Å². The van der Waals surface area contributed by atoms with Crippen LogP contribution in [0.4, 0.5) is 5.69 Å². The number of benzene rings is 1. The fourth-order valence-electron chi connectivity index (χ4n) is 3.16. The fraction of sp³-hybridized carbons (Fsp3) is 0.316. The summed E-state index contributed by atoms with van der Waals surface area (Å²) in [6.45, 7) is 4.79. The summed E-state index contributed by atoms with van der Waals surface area (Å²) in [5, 5.41) is 2.04. The first-order valence-corrected chi connectivity index (χ1v) is 9.30. The van der Waals surface area contributed by atoms with Crippen LogP contribution in [0.2, 0.25) is 0 Å². The van der Waals surface area contributed by atoms with Crippen molar-refractivity contribution in [3.05, 3.63) is 53.7 Å². The number of para-hydroxylation sites is 2. The first kappa shape index (κ1) is 16.2. The van der Waals surface area contributed by atoms with Crippen molar-refractivity contribution in [1.82, 2.24) is 9.88 Å². The summed E-state index contributed by atoms with van der Waals surface area (Å²) in [6, 6.07) is 12.3. The van der Waals surface area contributed by atoms with Crippen LogP contribution in [0.3, 0.4) is 0 Å². The van der Waals surface area contributed by atoms with Gasteiger partial charge in [0.2, 0.25) is 5.89 Å². The molecule has 0 unspecified atom stereocenters. The van der Waals surface area contributed by atoms with Crippen LogP contribution in [0.5, 0.6) is 5.75 Å². The molecule has 0 aliphatic carbocycles. The number of rotatable bonds is 5. The predicted molar refractivity (Wildman–Crippen MR) is 100 cm³/mol. The molecule has 0 atom stereocenters. The number of anilines is 1. The highest BCUT2D eigenvalue weighted by Crippen LogP contribution is 2.29. The lowest BCUT2D eigenvalue weighted by Crippen LogP contribution is -2.46. The van der Waals surface area contributed by atoms with Gasteiger partial charge in [0, 0.05) is 32.7 Å². The van der Waals surface area contributed by atoms with E-state index in [1.165, 1.54) is 5.69 Å². The molecule has 130 valence electrons. The van der Waals surface area contributed by atoms with E-state index in [9.17, 15) is 0 Å². The SMILES string of the molecule is COc1ccccc1N1CCN(Cc2coc(-c3cccs3)n2)CC1. The first-order valence-electron chi connectivity index (χ1n) is 8.42. The molecule has 5 nitrogen and oxygen atoms in total. The normalized spacial score (nSPS) is 15.5. The van der Waals surface area contributed by atoms with Crippen molar-refractivity contribution in [2.75, 3.05) is 38.2 Å². The Bertz CT molecular complexity index is 808. The molecule has 1 fully saturated rings. The van der Waals surface area contributed by atoms with Crippen molar-refractivity contribution in [1.29, 1.82) is 0 Å². The summed E-state index contributed by atoms with van der Waals surface area (Å²) in [5.74, 6) is 1.66. The standard InChI is InChI=1S/C19H21N3O2S/c1-23-17-6-3-2-5-16(17)22-10-8-21(9-11-22)13-15-14-24-19(20-15)18-7-4-12-25-18/h2-7,12,14H,8-11,13H2,1H3. The zero-order chi connectivity index (χ0) is 17.1. The fourth-order valence-corrected chi connectivity index (χ4v) is 3.82. The van der Waals surface area contributed by atoms with E-state index in [2.05, 4.69) is 26.9 Å². The van der Waals surface area contributed by atoms with Gasteiger partial charge in [-0.25, -0.2) is 4.98 Å². The molecule has 1 aliphatic heterocycles. The molecule has 0 amide bonds. The molecule has 25 heavy (non-hydrogen) atoms. The highest BCUT2D eigenvalue weighted by Gasteiger charge is 2.20. The van der Waals surface area contributed by atoms with Crippen LogP contribution in [0.25, 0.3) is 10.8 Å². The molecule has 6 heteroatoms. The van der Waals surface area contributed by atoms with E-state index in [1.807, 2.05) is 29.6 Å². The third-order valence-corrected chi connectivity index (χ3v) is 5.33. The lowest BCUT2D eigenvalue weighted by molar-refractivity contribution is 0.246. The van der Waals surface area contributed by atoms with Crippen molar-refractivity contribution < 1.29 is 9.15 Å². The van der Waals surface area contributed by atoms with Crippen LogP contribution < -0.4 is 9.64 Å². The van der Waals surface area contributed by atoms with Crippen molar-refractivity contribution in [2.45, 2.75) is 6.54 Å². The quantitative estimate of drug-likeness (QED) is 0.697. The Hall–Kier alpha value is -2.31. The molecule has 0 saturated carbocycles. The second kappa shape index (κ2) is 7.29. The molecule has 1 aromatic carbocycles. The highest BCUT2D eigenvalue weighted by molar-refractivity contribution is 7.13. The molecule has 0 radical (unpaired) electrons. The minimum Gasteiger partial charge on any atom is -0.495 e. The van der Waals surface area contributed by atoms with Gasteiger partial charge in [-0.05, 0) is 23.6 Å². The zero-order valence-corrected chi connectivity index (χ0v) is 15.0. The Morgan fingerprint density at radius 1 is 1.12 bits per heavy atom. The summed E-state index contributed by atoms with van der Waals surface area (Å²) >= 11 is 1.65. The molecule has 1 saturated heterocycles. The summed E-state index contributed by atoms with van der Waals surface area (Å²) in [5.41, 5.74) is 2.17. The van der Waals surface area contributed by atoms with Crippen LogP contribution in [-0.4, -0.2) is 43.2 Å². The molecule has 0 bridgehead atoms. The second-order valence-corrected chi connectivity index (χ2v) is 7.00. The number of hydrogen-bond acceptors (Lipinski definition) is 6. The van der Waals surface area contributed by atoms with Crippen LogP contribution in [0.15, 0.2) is 52.5 Å². The maximum Gasteiger partial charge on any atom is 0.236 e. The summed E-state index contributed by atoms with van der Waals surface area (Å²) < 4.78 is 11.1. The average Bonchev–Trinajstić information content (AvgIpc) is 3.34. The van der Waals surface area contributed by atoms with Crippen LogP contribution in [0.1, 0.15) is 5.69 Å². The predicted octanol–water partition coefficient (Wildman–Crippen LogP) is 3.73. The number of ether oxygens (including phenoxy) is 1. The first-order chi connectivity index (χ1) is 12.3. The van der Waals surface area contributed by atoms with Gasteiger partial charge in [-0.3, -0.25) is 4.90 Å². The number of methoxy groups -OCH3 is 1. The monoisotopic (exact) mass is 355 g/mol. The van der Waals surface area contributed by atoms with Crippen molar-refractivity contribution in [3.63, 3.8) is 0 Å². The molecule has 3 heterocycles. The largest absolute Gasteiger partial charge is 0.495 e. The van der Waals surface area contributed by atoms with E-state index in [0.29, 0.717) is 0 Å². The van der Waals surface area contributed by atoms with Gasteiger partial charge in [-0.1, -0.05) is 18.2 Å².